The molecular formula is C20H35IN6O2. The second kappa shape index (κ2) is 10.4. The van der Waals surface area contributed by atoms with Crippen molar-refractivity contribution >= 4 is 29.9 Å². The molecule has 3 fully saturated rings. The first-order valence-electron chi connectivity index (χ1n) is 10.7. The molecule has 164 valence electrons. The summed E-state index contributed by atoms with van der Waals surface area (Å²) < 4.78 is 13.7. The van der Waals surface area contributed by atoms with Gasteiger partial charge in [0.2, 0.25) is 0 Å². The summed E-state index contributed by atoms with van der Waals surface area (Å²) >= 11 is 0. The molecule has 2 atom stereocenters. The lowest BCUT2D eigenvalue weighted by Gasteiger charge is -2.45. The molecule has 0 aromatic carbocycles. The van der Waals surface area contributed by atoms with Gasteiger partial charge in [-0.2, -0.15) is 0 Å². The van der Waals surface area contributed by atoms with E-state index in [1.54, 1.807) is 0 Å². The van der Waals surface area contributed by atoms with E-state index in [9.17, 15) is 0 Å². The van der Waals surface area contributed by atoms with Gasteiger partial charge in [0.25, 0.3) is 0 Å². The molecule has 0 amide bonds. The Hall–Kier alpha value is -0.940. The van der Waals surface area contributed by atoms with Crippen LogP contribution >= 0.6 is 24.0 Å². The average Bonchev–Trinajstić information content (AvgIpc) is 3.34. The molecule has 1 aromatic rings. The van der Waals surface area contributed by atoms with E-state index in [4.69, 9.17) is 14.5 Å². The maximum Gasteiger partial charge on any atom is 0.194 e. The smallest absolute Gasteiger partial charge is 0.194 e. The van der Waals surface area contributed by atoms with E-state index in [1.165, 1.54) is 25.7 Å². The van der Waals surface area contributed by atoms with E-state index in [1.807, 2.05) is 18.5 Å². The number of likely N-dealkylation sites (tertiary alicyclic amines) is 1. The van der Waals surface area contributed by atoms with Gasteiger partial charge in [-0.25, -0.2) is 4.99 Å². The number of aromatic nitrogens is 3. The summed E-state index contributed by atoms with van der Waals surface area (Å²) in [5, 5.41) is 12.0. The molecule has 3 saturated heterocycles. The van der Waals surface area contributed by atoms with Crippen molar-refractivity contribution in [3.05, 3.63) is 11.6 Å². The third-order valence-electron chi connectivity index (χ3n) is 6.43. The third-order valence-corrected chi connectivity index (χ3v) is 6.43. The predicted octanol–water partition coefficient (Wildman–Crippen LogP) is 2.26. The van der Waals surface area contributed by atoms with E-state index in [2.05, 4.69) is 20.4 Å². The summed E-state index contributed by atoms with van der Waals surface area (Å²) in [4.78, 5) is 7.37. The highest BCUT2D eigenvalue weighted by Crippen LogP contribution is 2.37. The Morgan fingerprint density at radius 1 is 1.24 bits per heavy atom. The first kappa shape index (κ1) is 22.7. The largest absolute Gasteiger partial charge is 0.381 e. The normalized spacial score (nSPS) is 27.9. The lowest BCUT2D eigenvalue weighted by Crippen LogP contribution is -2.53. The number of hydrogen-bond acceptors (Lipinski definition) is 5. The molecule has 0 aliphatic carbocycles. The quantitative estimate of drug-likeness (QED) is 0.375. The summed E-state index contributed by atoms with van der Waals surface area (Å²) in [5.74, 6) is 2.78. The Kier molecular flexibility index (Phi) is 8.15. The van der Waals surface area contributed by atoms with E-state index in [0.717, 1.165) is 69.9 Å². The Bertz CT molecular complexity index is 677. The second-order valence-electron chi connectivity index (χ2n) is 8.56. The molecule has 1 spiro atoms. The monoisotopic (exact) mass is 518 g/mol. The molecule has 1 aromatic heterocycles. The molecule has 4 rings (SSSR count). The van der Waals surface area contributed by atoms with Crippen LogP contribution in [0, 0.1) is 12.3 Å². The van der Waals surface area contributed by atoms with Gasteiger partial charge in [-0.1, -0.05) is 0 Å². The van der Waals surface area contributed by atoms with Gasteiger partial charge in [-0.05, 0) is 45.4 Å². The molecule has 8 nitrogen and oxygen atoms in total. The fourth-order valence-corrected chi connectivity index (χ4v) is 4.63. The van der Waals surface area contributed by atoms with Crippen LogP contribution < -0.4 is 5.32 Å². The number of hydrogen-bond donors (Lipinski definition) is 1. The van der Waals surface area contributed by atoms with Crippen molar-refractivity contribution in [2.24, 2.45) is 17.5 Å². The summed E-state index contributed by atoms with van der Waals surface area (Å²) in [7, 11) is 1.99. The fourth-order valence-electron chi connectivity index (χ4n) is 4.63. The van der Waals surface area contributed by atoms with Crippen molar-refractivity contribution in [3.63, 3.8) is 0 Å². The van der Waals surface area contributed by atoms with Crippen LogP contribution in [0.15, 0.2) is 4.99 Å². The van der Waals surface area contributed by atoms with Crippen LogP contribution in [0.4, 0.5) is 0 Å². The minimum Gasteiger partial charge on any atom is -0.381 e. The number of nitrogens with zero attached hydrogens (tertiary/aromatic N) is 5. The number of guanidine groups is 1. The molecule has 4 heterocycles. The first-order chi connectivity index (χ1) is 13.7. The van der Waals surface area contributed by atoms with Crippen LogP contribution in [0.1, 0.15) is 50.2 Å². The van der Waals surface area contributed by atoms with E-state index in [-0.39, 0.29) is 29.4 Å². The molecule has 3 aliphatic heterocycles. The van der Waals surface area contributed by atoms with Gasteiger partial charge in [-0.15, -0.1) is 34.2 Å². The summed E-state index contributed by atoms with van der Waals surface area (Å²) in [6.07, 6.45) is 7.44. The van der Waals surface area contributed by atoms with Crippen LogP contribution in [0.2, 0.25) is 0 Å². The van der Waals surface area contributed by atoms with Crippen LogP contribution in [-0.2, 0) is 23.1 Å². The Morgan fingerprint density at radius 3 is 2.79 bits per heavy atom. The fraction of sp³-hybridized carbons (Fsp3) is 0.850. The third kappa shape index (κ3) is 5.61. The van der Waals surface area contributed by atoms with Crippen LogP contribution in [0.25, 0.3) is 0 Å². The summed E-state index contributed by atoms with van der Waals surface area (Å²) in [6.45, 7) is 8.03. The Morgan fingerprint density at radius 2 is 2.10 bits per heavy atom. The van der Waals surface area contributed by atoms with Gasteiger partial charge in [0, 0.05) is 45.3 Å². The summed E-state index contributed by atoms with van der Waals surface area (Å²) in [6, 6.07) is 0. The number of nitrogens with one attached hydrogen (secondary N) is 1. The topological polar surface area (TPSA) is 76.8 Å². The average molecular weight is 518 g/mol. The van der Waals surface area contributed by atoms with Gasteiger partial charge < -0.3 is 24.3 Å². The molecule has 0 bridgehead atoms. The number of halogens is 1. The van der Waals surface area contributed by atoms with Crippen molar-refractivity contribution in [2.75, 3.05) is 39.5 Å². The van der Waals surface area contributed by atoms with Gasteiger partial charge in [-0.3, -0.25) is 0 Å². The number of ether oxygens (including phenoxy) is 2. The zero-order chi connectivity index (χ0) is 19.4. The minimum atomic E-state index is 0. The summed E-state index contributed by atoms with van der Waals surface area (Å²) in [5.41, 5.74) is 0.282. The van der Waals surface area contributed by atoms with Crippen molar-refractivity contribution in [2.45, 2.75) is 58.1 Å². The zero-order valence-corrected chi connectivity index (χ0v) is 20.1. The molecule has 29 heavy (non-hydrogen) atoms. The maximum atomic E-state index is 5.85. The molecule has 0 radical (unpaired) electrons. The number of aryl methyl sites for hydroxylation is 1. The van der Waals surface area contributed by atoms with Crippen LogP contribution in [-0.4, -0.2) is 71.2 Å². The lowest BCUT2D eigenvalue weighted by atomic mass is 9.76. The highest BCUT2D eigenvalue weighted by atomic mass is 127. The maximum absolute atomic E-state index is 5.85. The number of piperidine rings is 1. The lowest BCUT2D eigenvalue weighted by molar-refractivity contribution is -0.0371. The molecule has 1 N–H and O–H groups in total. The molecule has 0 saturated carbocycles. The van der Waals surface area contributed by atoms with Crippen molar-refractivity contribution in [3.8, 4) is 0 Å². The van der Waals surface area contributed by atoms with E-state index >= 15 is 0 Å². The Labute approximate surface area is 190 Å². The van der Waals surface area contributed by atoms with Crippen LogP contribution in [0.3, 0.4) is 0 Å². The first-order valence-corrected chi connectivity index (χ1v) is 10.7. The predicted molar refractivity (Wildman–Crippen MR) is 123 cm³/mol. The molecule has 2 unspecified atom stereocenters. The van der Waals surface area contributed by atoms with Crippen molar-refractivity contribution in [1.82, 2.24) is 25.0 Å². The highest BCUT2D eigenvalue weighted by molar-refractivity contribution is 14.0. The second-order valence-corrected chi connectivity index (χ2v) is 8.56. The molecular weight excluding hydrogens is 483 g/mol. The van der Waals surface area contributed by atoms with Gasteiger partial charge in [0.05, 0.1) is 12.7 Å². The number of rotatable bonds is 4. The minimum absolute atomic E-state index is 0. The highest BCUT2D eigenvalue weighted by Gasteiger charge is 2.38. The van der Waals surface area contributed by atoms with E-state index in [0.29, 0.717) is 12.6 Å². The van der Waals surface area contributed by atoms with Crippen LogP contribution in [0.5, 0.6) is 0 Å². The SMILES string of the molecule is Cc1nnc(CN=C(NCC2CCCO2)N2CCCC3(CCCOC3)C2)n1C.I. The number of aliphatic imine (C=N–C) groups is 1. The van der Waals surface area contributed by atoms with Gasteiger partial charge in [0.1, 0.15) is 12.4 Å². The Balaban J connectivity index is 0.00000240. The van der Waals surface area contributed by atoms with Crippen molar-refractivity contribution in [1.29, 1.82) is 0 Å². The zero-order valence-electron chi connectivity index (χ0n) is 17.7. The van der Waals surface area contributed by atoms with Gasteiger partial charge in [0.15, 0.2) is 11.8 Å². The van der Waals surface area contributed by atoms with Crippen molar-refractivity contribution < 1.29 is 9.47 Å². The standard InChI is InChI=1S/C20H34N6O2.HI/c1-16-23-24-18(25(16)2)13-22-19(21-12-17-6-3-11-28-17)26-9-4-7-20(14-26)8-5-10-27-15-20;/h17H,3-15H2,1-2H3,(H,21,22);1H. The molecule has 3 aliphatic rings. The van der Waals surface area contributed by atoms with Gasteiger partial charge >= 0.3 is 0 Å². The molecule has 9 heteroatoms. The van der Waals surface area contributed by atoms with E-state index < -0.39 is 0 Å².